The van der Waals surface area contributed by atoms with Crippen molar-refractivity contribution in [1.29, 1.82) is 0 Å². The van der Waals surface area contributed by atoms with Gasteiger partial charge in [0, 0.05) is 13.0 Å². The van der Waals surface area contributed by atoms with Crippen molar-refractivity contribution in [2.75, 3.05) is 25.7 Å². The van der Waals surface area contributed by atoms with Gasteiger partial charge in [-0.1, -0.05) is 60.7 Å². The van der Waals surface area contributed by atoms with Crippen molar-refractivity contribution in [2.45, 2.75) is 83.2 Å². The molecule has 258 valence electrons. The SMILES string of the molecule is COC(=O)[C@H](CCCCNC(=O)[C@H](Cc1ccccc1)NC(=O)[C@H](CCSC)NC(=O)OC(C)(C)C)NC(=O)OCc1ccccc1. The van der Waals surface area contributed by atoms with Crippen molar-refractivity contribution in [1.82, 2.24) is 21.3 Å². The first-order valence-electron chi connectivity index (χ1n) is 15.6. The Morgan fingerprint density at radius 2 is 1.36 bits per heavy atom. The van der Waals surface area contributed by atoms with E-state index in [1.165, 1.54) is 18.9 Å². The smallest absolute Gasteiger partial charge is 0.408 e. The molecule has 0 aromatic heterocycles. The molecule has 2 rings (SSSR count). The van der Waals surface area contributed by atoms with Gasteiger partial charge in [-0.05, 0) is 69.6 Å². The van der Waals surface area contributed by atoms with Gasteiger partial charge in [-0.15, -0.1) is 0 Å². The second-order valence-corrected chi connectivity index (χ2v) is 12.8. The zero-order valence-electron chi connectivity index (χ0n) is 27.8. The molecule has 0 fully saturated rings. The summed E-state index contributed by atoms with van der Waals surface area (Å²) in [6.45, 7) is 5.52. The van der Waals surface area contributed by atoms with Gasteiger partial charge in [0.1, 0.15) is 30.3 Å². The molecule has 0 aliphatic rings. The van der Waals surface area contributed by atoms with E-state index in [0.29, 0.717) is 25.0 Å². The number of carbonyl (C=O) groups excluding carboxylic acids is 5. The second-order valence-electron chi connectivity index (χ2n) is 11.8. The number of nitrogens with one attached hydrogen (secondary N) is 4. The highest BCUT2D eigenvalue weighted by Crippen LogP contribution is 2.10. The zero-order valence-corrected chi connectivity index (χ0v) is 28.7. The maximum Gasteiger partial charge on any atom is 0.408 e. The summed E-state index contributed by atoms with van der Waals surface area (Å²) in [5, 5.41) is 10.9. The summed E-state index contributed by atoms with van der Waals surface area (Å²) in [4.78, 5) is 63.7. The Bertz CT molecular complexity index is 1270. The standard InChI is InChI=1S/C34H48N4O8S/c1-34(2,3)46-33(43)37-26(19-21-47-5)30(40)36-28(22-24-14-8-6-9-15-24)29(39)35-20-13-12-18-27(31(41)44-4)38-32(42)45-23-25-16-10-7-11-17-25/h6-11,14-17,26-28H,12-13,18-23H2,1-5H3,(H,35,39)(H,36,40)(H,37,43)(H,38,42)/t26-,27-,28-/m0/s1. The maximum atomic E-state index is 13.4. The van der Waals surface area contributed by atoms with Crippen LogP contribution in [0.15, 0.2) is 60.7 Å². The number of thioether (sulfide) groups is 1. The molecule has 47 heavy (non-hydrogen) atoms. The minimum Gasteiger partial charge on any atom is -0.467 e. The number of esters is 1. The van der Waals surface area contributed by atoms with Crippen LogP contribution in [0, 0.1) is 0 Å². The molecule has 0 spiro atoms. The van der Waals surface area contributed by atoms with Crippen molar-refractivity contribution in [3.8, 4) is 0 Å². The zero-order chi connectivity index (χ0) is 34.7. The molecule has 0 unspecified atom stereocenters. The van der Waals surface area contributed by atoms with Crippen molar-refractivity contribution >= 4 is 41.7 Å². The van der Waals surface area contributed by atoms with Crippen LogP contribution in [-0.4, -0.2) is 79.4 Å². The summed E-state index contributed by atoms with van der Waals surface area (Å²) < 4.78 is 15.4. The fourth-order valence-electron chi connectivity index (χ4n) is 4.39. The average molecular weight is 673 g/mol. The number of alkyl carbamates (subject to hydrolysis) is 2. The van der Waals surface area contributed by atoms with Crippen LogP contribution in [0.25, 0.3) is 0 Å². The molecule has 0 saturated carbocycles. The predicted molar refractivity (Wildman–Crippen MR) is 181 cm³/mol. The predicted octanol–water partition coefficient (Wildman–Crippen LogP) is 4.11. The van der Waals surface area contributed by atoms with E-state index in [4.69, 9.17) is 14.2 Å². The molecule has 4 amide bonds. The summed E-state index contributed by atoms with van der Waals surface area (Å²) in [6.07, 6.45) is 2.26. The van der Waals surface area contributed by atoms with Crippen LogP contribution in [0.5, 0.6) is 0 Å². The second kappa shape index (κ2) is 20.8. The van der Waals surface area contributed by atoms with Crippen LogP contribution in [0.2, 0.25) is 0 Å². The van der Waals surface area contributed by atoms with Crippen LogP contribution in [0.4, 0.5) is 9.59 Å². The van der Waals surface area contributed by atoms with E-state index in [-0.39, 0.29) is 26.0 Å². The fraction of sp³-hybridized carbons (Fsp3) is 0.500. The number of hydrogen-bond donors (Lipinski definition) is 4. The van der Waals surface area contributed by atoms with Gasteiger partial charge < -0.3 is 35.5 Å². The molecule has 2 aromatic carbocycles. The number of rotatable bonds is 18. The summed E-state index contributed by atoms with van der Waals surface area (Å²) in [5.41, 5.74) is 0.920. The molecule has 4 N–H and O–H groups in total. The quantitative estimate of drug-likeness (QED) is 0.104. The maximum absolute atomic E-state index is 13.4. The summed E-state index contributed by atoms with van der Waals surface area (Å²) in [7, 11) is 1.24. The monoisotopic (exact) mass is 672 g/mol. The van der Waals surface area contributed by atoms with Gasteiger partial charge in [0.05, 0.1) is 7.11 Å². The number of carbonyl (C=O) groups is 5. The highest BCUT2D eigenvalue weighted by molar-refractivity contribution is 7.98. The molecular weight excluding hydrogens is 624 g/mol. The van der Waals surface area contributed by atoms with Crippen LogP contribution in [-0.2, 0) is 41.6 Å². The normalized spacial score (nSPS) is 12.9. The van der Waals surface area contributed by atoms with Crippen molar-refractivity contribution in [2.24, 2.45) is 0 Å². The van der Waals surface area contributed by atoms with Gasteiger partial charge in [0.15, 0.2) is 0 Å². The Balaban J connectivity index is 1.96. The van der Waals surface area contributed by atoms with Gasteiger partial charge in [-0.25, -0.2) is 14.4 Å². The van der Waals surface area contributed by atoms with Crippen LogP contribution >= 0.6 is 11.8 Å². The Hall–Kier alpha value is -4.26. The first kappa shape index (κ1) is 38.9. The summed E-state index contributed by atoms with van der Waals surface area (Å²) in [6, 6.07) is 15.7. The van der Waals surface area contributed by atoms with E-state index in [1.54, 1.807) is 20.8 Å². The third-order valence-electron chi connectivity index (χ3n) is 6.74. The lowest BCUT2D eigenvalue weighted by molar-refractivity contribution is -0.143. The Morgan fingerprint density at radius 3 is 1.96 bits per heavy atom. The van der Waals surface area contributed by atoms with E-state index in [1.807, 2.05) is 66.9 Å². The van der Waals surface area contributed by atoms with E-state index < -0.39 is 53.7 Å². The van der Waals surface area contributed by atoms with Crippen molar-refractivity contribution in [3.05, 3.63) is 71.8 Å². The topological polar surface area (TPSA) is 161 Å². The minimum atomic E-state index is -0.917. The van der Waals surface area contributed by atoms with Gasteiger partial charge in [0.25, 0.3) is 0 Å². The van der Waals surface area contributed by atoms with Gasteiger partial charge in [-0.3, -0.25) is 9.59 Å². The molecular formula is C34H48N4O8S. The van der Waals surface area contributed by atoms with E-state index in [0.717, 1.165) is 11.1 Å². The van der Waals surface area contributed by atoms with Crippen LogP contribution in [0.3, 0.4) is 0 Å². The third kappa shape index (κ3) is 16.2. The lowest BCUT2D eigenvalue weighted by Gasteiger charge is -2.25. The van der Waals surface area contributed by atoms with Crippen molar-refractivity contribution in [3.63, 3.8) is 0 Å². The Labute approximate surface area is 281 Å². The number of methoxy groups -OCH3 is 1. The molecule has 0 heterocycles. The first-order valence-corrected chi connectivity index (χ1v) is 17.0. The van der Waals surface area contributed by atoms with E-state index in [9.17, 15) is 24.0 Å². The number of unbranched alkanes of at least 4 members (excludes halogenated alkanes) is 1. The molecule has 2 aromatic rings. The first-order chi connectivity index (χ1) is 22.4. The molecule has 0 saturated heterocycles. The molecule has 0 aliphatic carbocycles. The Kier molecular flexibility index (Phi) is 17.2. The molecule has 13 heteroatoms. The summed E-state index contributed by atoms with van der Waals surface area (Å²) in [5.74, 6) is -0.884. The lowest BCUT2D eigenvalue weighted by Crippen LogP contribution is -2.55. The Morgan fingerprint density at radius 1 is 0.745 bits per heavy atom. The molecule has 3 atom stereocenters. The fourth-order valence-corrected chi connectivity index (χ4v) is 4.86. The highest BCUT2D eigenvalue weighted by atomic mass is 32.2. The summed E-state index contributed by atoms with van der Waals surface area (Å²) >= 11 is 1.53. The number of ether oxygens (including phenoxy) is 3. The highest BCUT2D eigenvalue weighted by Gasteiger charge is 2.28. The van der Waals surface area contributed by atoms with E-state index >= 15 is 0 Å². The number of benzene rings is 2. The van der Waals surface area contributed by atoms with Gasteiger partial charge in [-0.2, -0.15) is 11.8 Å². The number of amides is 4. The van der Waals surface area contributed by atoms with Crippen LogP contribution in [0.1, 0.15) is 57.6 Å². The third-order valence-corrected chi connectivity index (χ3v) is 7.39. The molecule has 0 bridgehead atoms. The van der Waals surface area contributed by atoms with Gasteiger partial charge in [0.2, 0.25) is 11.8 Å². The molecule has 12 nitrogen and oxygen atoms in total. The minimum absolute atomic E-state index is 0.0582. The molecule has 0 aliphatic heterocycles. The van der Waals surface area contributed by atoms with Crippen LogP contribution < -0.4 is 21.3 Å². The van der Waals surface area contributed by atoms with E-state index in [2.05, 4.69) is 21.3 Å². The largest absolute Gasteiger partial charge is 0.467 e. The number of hydrogen-bond acceptors (Lipinski definition) is 9. The van der Waals surface area contributed by atoms with Gasteiger partial charge >= 0.3 is 18.2 Å². The van der Waals surface area contributed by atoms with Crippen molar-refractivity contribution < 1.29 is 38.2 Å². The average Bonchev–Trinajstić information content (AvgIpc) is 3.04. The lowest BCUT2D eigenvalue weighted by atomic mass is 10.0. The molecule has 0 radical (unpaired) electrons.